The molecule has 0 spiro atoms. The van der Waals surface area contributed by atoms with Crippen molar-refractivity contribution in [2.45, 2.75) is 24.8 Å². The molecule has 21 heavy (non-hydrogen) atoms. The maximum Gasteiger partial charge on any atom is 0.338 e. The summed E-state index contributed by atoms with van der Waals surface area (Å²) in [6, 6.07) is 1.75. The molecule has 9 nitrogen and oxygen atoms in total. The summed E-state index contributed by atoms with van der Waals surface area (Å²) >= 11 is 0. The van der Waals surface area contributed by atoms with E-state index in [1.165, 1.54) is 0 Å². The molecule has 1 rings (SSSR count). The Morgan fingerprint density at radius 3 is 2.33 bits per heavy atom. The van der Waals surface area contributed by atoms with Crippen molar-refractivity contribution in [3.63, 3.8) is 0 Å². The van der Waals surface area contributed by atoms with Crippen LogP contribution in [0.15, 0.2) is 17.0 Å². The second kappa shape index (κ2) is 6.06. The van der Waals surface area contributed by atoms with Gasteiger partial charge in [-0.1, -0.05) is 0 Å². The number of carbonyl (C=O) groups is 1. The van der Waals surface area contributed by atoms with E-state index in [0.29, 0.717) is 0 Å². The minimum absolute atomic E-state index is 0.305. The third-order valence-electron chi connectivity index (χ3n) is 2.32. The number of nitro groups is 1. The van der Waals surface area contributed by atoms with Crippen molar-refractivity contribution in [1.82, 2.24) is 0 Å². The highest BCUT2D eigenvalue weighted by atomic mass is 32.2. The molecule has 0 fully saturated rings. The lowest BCUT2D eigenvalue weighted by Gasteiger charge is -2.11. The molecular weight excluding hydrogens is 304 g/mol. The van der Waals surface area contributed by atoms with Crippen molar-refractivity contribution in [2.24, 2.45) is 5.14 Å². The molecule has 1 aromatic rings. The molecule has 0 aliphatic rings. The summed E-state index contributed by atoms with van der Waals surface area (Å²) in [5.74, 6) is -1.44. The number of primary sulfonamides is 1. The van der Waals surface area contributed by atoms with Gasteiger partial charge in [0, 0.05) is 6.07 Å². The van der Waals surface area contributed by atoms with Gasteiger partial charge in [0.25, 0.3) is 0 Å². The molecule has 0 heterocycles. The average molecular weight is 318 g/mol. The highest BCUT2D eigenvalue weighted by molar-refractivity contribution is 7.89. The van der Waals surface area contributed by atoms with Crippen molar-refractivity contribution in [1.29, 1.82) is 0 Å². The fraction of sp³-hybridized carbons (Fsp3) is 0.364. The van der Waals surface area contributed by atoms with Crippen LogP contribution in [0.4, 0.5) is 5.69 Å². The van der Waals surface area contributed by atoms with Crippen LogP contribution in [0.2, 0.25) is 0 Å². The number of nitrogens with two attached hydrogens (primary N) is 1. The Balaban J connectivity index is 3.61. The van der Waals surface area contributed by atoms with Gasteiger partial charge in [0.05, 0.1) is 23.7 Å². The Labute approximate surface area is 120 Å². The van der Waals surface area contributed by atoms with E-state index in [-0.39, 0.29) is 5.56 Å². The van der Waals surface area contributed by atoms with Gasteiger partial charge in [-0.2, -0.15) is 0 Å². The van der Waals surface area contributed by atoms with Crippen LogP contribution in [0.1, 0.15) is 24.2 Å². The minimum atomic E-state index is -4.32. The Morgan fingerprint density at radius 2 is 1.95 bits per heavy atom. The molecule has 0 radical (unpaired) electrons. The molecule has 10 heteroatoms. The van der Waals surface area contributed by atoms with Crippen LogP contribution in [0.25, 0.3) is 0 Å². The van der Waals surface area contributed by atoms with E-state index >= 15 is 0 Å². The van der Waals surface area contributed by atoms with E-state index in [1.807, 2.05) is 0 Å². The normalized spacial score (nSPS) is 11.3. The SMILES string of the molecule is COc1c([N+](=O)[O-])cc(C(=O)OC(C)C)cc1S(N)(=O)=O. The third-order valence-corrected chi connectivity index (χ3v) is 3.24. The molecule has 2 N–H and O–H groups in total. The maximum absolute atomic E-state index is 11.8. The van der Waals surface area contributed by atoms with Crippen LogP contribution in [0, 0.1) is 10.1 Å². The first kappa shape index (κ1) is 16.9. The Hall–Kier alpha value is -2.20. The zero-order chi connectivity index (χ0) is 16.4. The number of hydrogen-bond donors (Lipinski definition) is 1. The first-order chi connectivity index (χ1) is 9.57. The number of hydrogen-bond acceptors (Lipinski definition) is 7. The number of nitro benzene ring substituents is 1. The first-order valence-electron chi connectivity index (χ1n) is 5.68. The zero-order valence-electron chi connectivity index (χ0n) is 11.5. The van der Waals surface area contributed by atoms with Gasteiger partial charge in [0.2, 0.25) is 15.8 Å². The third kappa shape index (κ3) is 3.89. The van der Waals surface area contributed by atoms with Gasteiger partial charge in [0.15, 0.2) is 0 Å². The van der Waals surface area contributed by atoms with Crippen molar-refractivity contribution < 1.29 is 27.6 Å². The summed E-state index contributed by atoms with van der Waals surface area (Å²) in [5, 5.41) is 16.0. The fourth-order valence-corrected chi connectivity index (χ4v) is 2.28. The average Bonchev–Trinajstić information content (AvgIpc) is 2.34. The standard InChI is InChI=1S/C11H14N2O7S/c1-6(2)20-11(14)7-4-8(13(15)16)10(19-3)9(5-7)21(12,17)18/h4-6H,1-3H3,(H2,12,17,18). The van der Waals surface area contributed by atoms with Crippen LogP contribution in [0.3, 0.4) is 0 Å². The summed E-state index contributed by atoms with van der Waals surface area (Å²) < 4.78 is 32.6. The predicted octanol–water partition coefficient (Wildman–Crippen LogP) is 0.816. The Bertz CT molecular complexity index is 682. The van der Waals surface area contributed by atoms with Crippen LogP contribution in [-0.2, 0) is 14.8 Å². The second-order valence-corrected chi connectivity index (χ2v) is 5.81. The quantitative estimate of drug-likeness (QED) is 0.481. The van der Waals surface area contributed by atoms with E-state index in [0.717, 1.165) is 19.2 Å². The van der Waals surface area contributed by atoms with Gasteiger partial charge in [-0.15, -0.1) is 0 Å². The Kier molecular flexibility index (Phi) is 4.86. The summed E-state index contributed by atoms with van der Waals surface area (Å²) in [4.78, 5) is 21.2. The number of benzene rings is 1. The van der Waals surface area contributed by atoms with Gasteiger partial charge < -0.3 is 9.47 Å². The van der Waals surface area contributed by atoms with Gasteiger partial charge in [-0.05, 0) is 19.9 Å². The molecule has 0 bridgehead atoms. The van der Waals surface area contributed by atoms with Gasteiger partial charge >= 0.3 is 11.7 Å². The fourth-order valence-electron chi connectivity index (χ4n) is 1.54. The van der Waals surface area contributed by atoms with Gasteiger partial charge in [-0.25, -0.2) is 18.4 Å². The van der Waals surface area contributed by atoms with Crippen LogP contribution < -0.4 is 9.88 Å². The number of rotatable bonds is 5. The van der Waals surface area contributed by atoms with E-state index in [9.17, 15) is 23.3 Å². The largest absolute Gasteiger partial charge is 0.489 e. The summed E-state index contributed by atoms with van der Waals surface area (Å²) in [5.41, 5.74) is -1.00. The lowest BCUT2D eigenvalue weighted by atomic mass is 10.2. The molecule has 0 aliphatic carbocycles. The highest BCUT2D eigenvalue weighted by Gasteiger charge is 2.28. The van der Waals surface area contributed by atoms with E-state index in [2.05, 4.69) is 0 Å². The van der Waals surface area contributed by atoms with Crippen molar-refractivity contribution in [3.05, 3.63) is 27.8 Å². The molecule has 0 saturated carbocycles. The molecule has 116 valence electrons. The highest BCUT2D eigenvalue weighted by Crippen LogP contribution is 2.35. The van der Waals surface area contributed by atoms with Crippen molar-refractivity contribution in [2.75, 3.05) is 7.11 Å². The predicted molar refractivity (Wildman–Crippen MR) is 71.6 cm³/mol. The van der Waals surface area contributed by atoms with Gasteiger partial charge in [-0.3, -0.25) is 10.1 Å². The monoisotopic (exact) mass is 318 g/mol. The number of ether oxygens (including phenoxy) is 2. The lowest BCUT2D eigenvalue weighted by Crippen LogP contribution is -2.17. The molecule has 0 amide bonds. The van der Waals surface area contributed by atoms with Crippen LogP contribution >= 0.6 is 0 Å². The first-order valence-corrected chi connectivity index (χ1v) is 7.22. The van der Waals surface area contributed by atoms with E-state index in [4.69, 9.17) is 14.6 Å². The number of nitrogens with zero attached hydrogens (tertiary/aromatic N) is 1. The second-order valence-electron chi connectivity index (χ2n) is 4.28. The summed E-state index contributed by atoms with van der Waals surface area (Å²) in [6.45, 7) is 3.16. The maximum atomic E-state index is 11.8. The Morgan fingerprint density at radius 1 is 1.38 bits per heavy atom. The van der Waals surface area contributed by atoms with Crippen molar-refractivity contribution >= 4 is 21.7 Å². The zero-order valence-corrected chi connectivity index (χ0v) is 12.3. The molecule has 0 aliphatic heterocycles. The van der Waals surface area contributed by atoms with E-state index in [1.54, 1.807) is 13.8 Å². The van der Waals surface area contributed by atoms with Crippen LogP contribution in [0.5, 0.6) is 5.75 Å². The minimum Gasteiger partial charge on any atom is -0.489 e. The number of esters is 1. The number of carbonyl (C=O) groups excluding carboxylic acids is 1. The summed E-state index contributed by atoms with van der Waals surface area (Å²) in [7, 11) is -3.26. The molecule has 0 unspecified atom stereocenters. The number of methoxy groups -OCH3 is 1. The van der Waals surface area contributed by atoms with E-state index < -0.39 is 43.4 Å². The lowest BCUT2D eigenvalue weighted by molar-refractivity contribution is -0.386. The molecule has 0 aromatic heterocycles. The van der Waals surface area contributed by atoms with Gasteiger partial charge in [0.1, 0.15) is 4.90 Å². The smallest absolute Gasteiger partial charge is 0.338 e. The summed E-state index contributed by atoms with van der Waals surface area (Å²) in [6.07, 6.45) is -0.475. The number of sulfonamides is 1. The molecule has 0 atom stereocenters. The molecule has 1 aromatic carbocycles. The van der Waals surface area contributed by atoms with Crippen LogP contribution in [-0.4, -0.2) is 32.5 Å². The molecular formula is C11H14N2O7S. The van der Waals surface area contributed by atoms with Crippen molar-refractivity contribution in [3.8, 4) is 5.75 Å². The molecule has 0 saturated heterocycles. The topological polar surface area (TPSA) is 139 Å².